The highest BCUT2D eigenvalue weighted by atomic mass is 16.5. The molecule has 0 unspecified atom stereocenters. The lowest BCUT2D eigenvalue weighted by molar-refractivity contribution is 0.0946. The number of nitrogens with zero attached hydrogens (tertiary/aromatic N) is 4. The smallest absolute Gasteiger partial charge is 0.269 e. The second-order valence-electron chi connectivity index (χ2n) is 7.93. The Morgan fingerprint density at radius 2 is 2.03 bits per heavy atom. The Morgan fingerprint density at radius 3 is 2.64 bits per heavy atom. The van der Waals surface area contributed by atoms with Crippen LogP contribution in [0.4, 0.5) is 0 Å². The van der Waals surface area contributed by atoms with Gasteiger partial charge in [0.15, 0.2) is 0 Å². The lowest BCUT2D eigenvalue weighted by atomic mass is 10.2. The fourth-order valence-corrected chi connectivity index (χ4v) is 3.05. The van der Waals surface area contributed by atoms with Crippen molar-refractivity contribution in [2.45, 2.75) is 47.0 Å². The molecule has 0 aliphatic carbocycles. The highest BCUT2D eigenvalue weighted by Gasteiger charge is 2.05. The van der Waals surface area contributed by atoms with E-state index < -0.39 is 0 Å². The number of nitrogens with one attached hydrogen (secondary N) is 1. The third kappa shape index (κ3) is 12.2. The molecule has 1 N–H and O–H groups in total. The molecule has 0 radical (unpaired) electrons. The molecular weight excluding hydrogens is 450 g/mol. The molecule has 36 heavy (non-hydrogen) atoms. The summed E-state index contributed by atoms with van der Waals surface area (Å²) in [6.07, 6.45) is 15.9. The molecule has 0 spiro atoms. The summed E-state index contributed by atoms with van der Waals surface area (Å²) in [7, 11) is 1.67. The van der Waals surface area contributed by atoms with Crippen LogP contribution in [-0.2, 0) is 4.74 Å². The van der Waals surface area contributed by atoms with E-state index >= 15 is 0 Å². The third-order valence-corrected chi connectivity index (χ3v) is 4.91. The van der Waals surface area contributed by atoms with Crippen LogP contribution in [-0.4, -0.2) is 53.9 Å². The molecule has 0 aliphatic rings. The first kappa shape index (κ1) is 30.5. The van der Waals surface area contributed by atoms with Gasteiger partial charge in [0, 0.05) is 45.4 Å². The van der Waals surface area contributed by atoms with Gasteiger partial charge in [0.1, 0.15) is 5.69 Å². The minimum absolute atomic E-state index is 0.149. The van der Waals surface area contributed by atoms with Gasteiger partial charge in [-0.05, 0) is 75.1 Å². The number of unbranched alkanes of at least 4 members (excludes halogenated alkanes) is 1. The van der Waals surface area contributed by atoms with Gasteiger partial charge in [0.05, 0.1) is 11.0 Å². The highest BCUT2D eigenvalue weighted by Crippen LogP contribution is 2.03. The summed E-state index contributed by atoms with van der Waals surface area (Å²) in [5.74, 6) is -0.149. The van der Waals surface area contributed by atoms with E-state index in [2.05, 4.69) is 40.0 Å². The summed E-state index contributed by atoms with van der Waals surface area (Å²) >= 11 is 0. The van der Waals surface area contributed by atoms with Crippen molar-refractivity contribution in [1.82, 2.24) is 20.3 Å². The summed E-state index contributed by atoms with van der Waals surface area (Å²) in [5.41, 5.74) is 2.56. The van der Waals surface area contributed by atoms with Gasteiger partial charge in [-0.1, -0.05) is 37.8 Å². The quantitative estimate of drug-likeness (QED) is 0.275. The SMILES string of the molecule is C/C=N\N(/C=C/c1ccc(C)cn1)CCC.C=C/C=c1/nc(C(=O)NCCCCOC)cc/c1=C/C. The number of carbonyl (C=O) groups is 1. The normalized spacial score (nSPS) is 12.0. The van der Waals surface area contributed by atoms with E-state index in [-0.39, 0.29) is 5.91 Å². The lowest BCUT2D eigenvalue weighted by Gasteiger charge is -2.11. The zero-order chi connectivity index (χ0) is 26.6. The van der Waals surface area contributed by atoms with Crippen molar-refractivity contribution in [2.75, 3.05) is 26.8 Å². The number of aromatic nitrogens is 2. The van der Waals surface area contributed by atoms with Crippen molar-refractivity contribution >= 4 is 30.3 Å². The first-order valence-corrected chi connectivity index (χ1v) is 12.4. The molecule has 7 heteroatoms. The standard InChI is InChI=1S/C16H22N2O2.C13H19N3/c1-4-8-14-13(5-2)9-10-15(18-14)16(19)17-11-6-7-12-20-3;1-4-9-16(15-5-2)10-8-13-7-6-12(3)11-14-13/h4-5,8-10H,1,6-7,11-12H2,2-3H3,(H,17,19);5-8,10-11H,4,9H2,1-3H3/b13-5-,14-8+;10-8+,15-5-. The number of aryl methyl sites for hydroxylation is 1. The van der Waals surface area contributed by atoms with Crippen LogP contribution < -0.4 is 15.9 Å². The van der Waals surface area contributed by atoms with Gasteiger partial charge in [-0.25, -0.2) is 4.98 Å². The number of carbonyl (C=O) groups excluding carboxylic acids is 1. The van der Waals surface area contributed by atoms with Crippen molar-refractivity contribution in [3.63, 3.8) is 0 Å². The number of hydrazone groups is 1. The lowest BCUT2D eigenvalue weighted by Crippen LogP contribution is -2.33. The third-order valence-electron chi connectivity index (χ3n) is 4.91. The zero-order valence-electron chi connectivity index (χ0n) is 22.4. The van der Waals surface area contributed by atoms with Crippen LogP contribution in [0.3, 0.4) is 0 Å². The van der Waals surface area contributed by atoms with E-state index in [0.29, 0.717) is 18.8 Å². The van der Waals surface area contributed by atoms with Gasteiger partial charge in [-0.15, -0.1) is 0 Å². The van der Waals surface area contributed by atoms with Gasteiger partial charge in [-0.3, -0.25) is 14.8 Å². The van der Waals surface area contributed by atoms with Crippen LogP contribution in [0.2, 0.25) is 0 Å². The Balaban J connectivity index is 0.000000369. The molecule has 0 aromatic carbocycles. The van der Waals surface area contributed by atoms with Crippen LogP contribution in [0, 0.1) is 6.92 Å². The molecule has 194 valence electrons. The number of rotatable bonds is 12. The maximum absolute atomic E-state index is 12.0. The predicted molar refractivity (Wildman–Crippen MR) is 151 cm³/mol. The summed E-state index contributed by atoms with van der Waals surface area (Å²) in [6.45, 7) is 14.0. The van der Waals surface area contributed by atoms with Crippen molar-refractivity contribution in [3.05, 3.63) is 76.8 Å². The van der Waals surface area contributed by atoms with E-state index in [1.165, 1.54) is 5.56 Å². The molecule has 7 nitrogen and oxygen atoms in total. The Hall–Kier alpha value is -3.58. The second kappa shape index (κ2) is 18.7. The molecule has 2 aromatic heterocycles. The van der Waals surface area contributed by atoms with Crippen molar-refractivity contribution in [2.24, 2.45) is 5.10 Å². The van der Waals surface area contributed by atoms with E-state index in [0.717, 1.165) is 42.1 Å². The highest BCUT2D eigenvalue weighted by molar-refractivity contribution is 5.92. The minimum atomic E-state index is -0.149. The number of allylic oxidation sites excluding steroid dienone is 1. The monoisotopic (exact) mass is 491 g/mol. The topological polar surface area (TPSA) is 79.7 Å². The zero-order valence-corrected chi connectivity index (χ0v) is 22.4. The maximum atomic E-state index is 12.0. The van der Waals surface area contributed by atoms with Gasteiger partial charge in [0.2, 0.25) is 0 Å². The summed E-state index contributed by atoms with van der Waals surface area (Å²) in [4.78, 5) is 20.6. The molecule has 0 saturated carbocycles. The summed E-state index contributed by atoms with van der Waals surface area (Å²) in [6, 6.07) is 7.69. The molecular formula is C29H41N5O2. The van der Waals surface area contributed by atoms with E-state index in [1.54, 1.807) is 31.5 Å². The first-order chi connectivity index (χ1) is 17.5. The molecule has 2 aromatic rings. The maximum Gasteiger partial charge on any atom is 0.269 e. The Kier molecular flexibility index (Phi) is 15.8. The number of amides is 1. The minimum Gasteiger partial charge on any atom is -0.385 e. The first-order valence-electron chi connectivity index (χ1n) is 12.4. The predicted octanol–water partition coefficient (Wildman–Crippen LogP) is 4.08. The van der Waals surface area contributed by atoms with Crippen LogP contribution in [0.15, 0.2) is 54.4 Å². The van der Waals surface area contributed by atoms with E-state index in [9.17, 15) is 4.79 Å². The number of hydrogen-bond donors (Lipinski definition) is 1. The molecule has 1 amide bonds. The Bertz CT molecular complexity index is 1090. The Labute approximate surface area is 216 Å². The van der Waals surface area contributed by atoms with Crippen LogP contribution >= 0.6 is 0 Å². The fraction of sp³-hybridized carbons (Fsp3) is 0.379. The number of hydrogen-bond acceptors (Lipinski definition) is 6. The van der Waals surface area contributed by atoms with Gasteiger partial charge in [-0.2, -0.15) is 5.10 Å². The molecule has 0 bridgehead atoms. The number of pyridine rings is 2. The van der Waals surface area contributed by atoms with Crippen LogP contribution in [0.25, 0.3) is 18.2 Å². The molecule has 2 heterocycles. The Morgan fingerprint density at radius 1 is 1.22 bits per heavy atom. The van der Waals surface area contributed by atoms with Crippen LogP contribution in [0.1, 0.15) is 61.8 Å². The average molecular weight is 492 g/mol. The van der Waals surface area contributed by atoms with Crippen molar-refractivity contribution in [3.8, 4) is 0 Å². The number of methoxy groups -OCH3 is 1. The molecule has 0 fully saturated rings. The average Bonchev–Trinajstić information content (AvgIpc) is 2.89. The summed E-state index contributed by atoms with van der Waals surface area (Å²) < 4.78 is 4.96. The molecule has 0 aliphatic heterocycles. The van der Waals surface area contributed by atoms with Crippen molar-refractivity contribution < 1.29 is 9.53 Å². The van der Waals surface area contributed by atoms with Gasteiger partial charge < -0.3 is 10.1 Å². The summed E-state index contributed by atoms with van der Waals surface area (Å²) in [5, 5.41) is 10.8. The van der Waals surface area contributed by atoms with E-state index in [1.807, 2.05) is 62.5 Å². The second-order valence-corrected chi connectivity index (χ2v) is 7.93. The van der Waals surface area contributed by atoms with Crippen LogP contribution in [0.5, 0.6) is 0 Å². The van der Waals surface area contributed by atoms with E-state index in [4.69, 9.17) is 4.74 Å². The molecule has 2 rings (SSSR count). The molecule has 0 saturated heterocycles. The molecule has 0 atom stereocenters. The fourth-order valence-electron chi connectivity index (χ4n) is 3.05. The van der Waals surface area contributed by atoms with Crippen molar-refractivity contribution in [1.29, 1.82) is 0 Å². The largest absolute Gasteiger partial charge is 0.385 e. The van der Waals surface area contributed by atoms with Gasteiger partial charge in [0.25, 0.3) is 5.91 Å². The number of ether oxygens (including phenoxy) is 1. The van der Waals surface area contributed by atoms with Gasteiger partial charge >= 0.3 is 0 Å².